The van der Waals surface area contributed by atoms with Crippen LogP contribution < -0.4 is 9.47 Å². The smallest absolute Gasteiger partial charge is 0.328 e. The second-order valence-electron chi connectivity index (χ2n) is 4.02. The summed E-state index contributed by atoms with van der Waals surface area (Å²) < 4.78 is 9.98. The molecule has 6 heteroatoms. The van der Waals surface area contributed by atoms with E-state index >= 15 is 0 Å². The molecular formula is C14H14O6. The number of carbonyl (C=O) groups excluding carboxylic acids is 2. The largest absolute Gasteiger partial charge is 0.478 e. The third-order valence-corrected chi connectivity index (χ3v) is 2.18. The van der Waals surface area contributed by atoms with Gasteiger partial charge in [-0.1, -0.05) is 0 Å². The lowest BCUT2D eigenvalue weighted by Gasteiger charge is -2.12. The number of hydrogen-bond donors (Lipinski definition) is 1. The van der Waals surface area contributed by atoms with Crippen molar-refractivity contribution in [2.75, 3.05) is 0 Å². The van der Waals surface area contributed by atoms with E-state index in [4.69, 9.17) is 14.6 Å². The van der Waals surface area contributed by atoms with Crippen LogP contribution in [0.15, 0.2) is 18.2 Å². The van der Waals surface area contributed by atoms with Crippen molar-refractivity contribution in [1.82, 2.24) is 0 Å². The summed E-state index contributed by atoms with van der Waals surface area (Å²) in [6.07, 6.45) is 2.30. The minimum absolute atomic E-state index is 0.0674. The predicted octanol–water partition coefficient (Wildman–Crippen LogP) is 1.94. The molecule has 0 saturated heterocycles. The highest BCUT2D eigenvalue weighted by Crippen LogP contribution is 2.33. The Bertz CT molecular complexity index is 586. The average molecular weight is 278 g/mol. The fourth-order valence-electron chi connectivity index (χ4n) is 1.54. The summed E-state index contributed by atoms with van der Waals surface area (Å²) in [7, 11) is 0. The first-order valence-corrected chi connectivity index (χ1v) is 5.72. The van der Waals surface area contributed by atoms with E-state index in [-0.39, 0.29) is 11.5 Å². The van der Waals surface area contributed by atoms with Gasteiger partial charge in [0.15, 0.2) is 11.5 Å². The lowest BCUT2D eigenvalue weighted by atomic mass is 10.1. The molecule has 1 aromatic rings. The van der Waals surface area contributed by atoms with Crippen LogP contribution in [-0.4, -0.2) is 23.0 Å². The highest BCUT2D eigenvalue weighted by molar-refractivity contribution is 5.85. The number of esters is 2. The summed E-state index contributed by atoms with van der Waals surface area (Å²) in [6.45, 7) is 4.10. The molecule has 6 nitrogen and oxygen atoms in total. The van der Waals surface area contributed by atoms with Gasteiger partial charge < -0.3 is 14.6 Å². The summed E-state index contributed by atoms with van der Waals surface area (Å²) in [5, 5.41) is 8.59. The molecule has 0 aliphatic rings. The lowest BCUT2D eigenvalue weighted by Crippen LogP contribution is -2.08. The molecule has 0 heterocycles. The van der Waals surface area contributed by atoms with Crippen molar-refractivity contribution >= 4 is 24.0 Å². The fourth-order valence-corrected chi connectivity index (χ4v) is 1.54. The van der Waals surface area contributed by atoms with Crippen LogP contribution in [0.5, 0.6) is 11.5 Å². The van der Waals surface area contributed by atoms with Crippen LogP contribution in [-0.2, 0) is 14.4 Å². The van der Waals surface area contributed by atoms with Crippen LogP contribution in [0.4, 0.5) is 0 Å². The number of carboxylic acids is 1. The van der Waals surface area contributed by atoms with E-state index in [0.717, 1.165) is 6.08 Å². The molecule has 0 aliphatic carbocycles. The second kappa shape index (κ2) is 6.51. The summed E-state index contributed by atoms with van der Waals surface area (Å²) in [5.41, 5.74) is 1.06. The maximum absolute atomic E-state index is 11.1. The number of ether oxygens (including phenoxy) is 2. The van der Waals surface area contributed by atoms with Crippen molar-refractivity contribution in [3.05, 3.63) is 29.3 Å². The van der Waals surface area contributed by atoms with Gasteiger partial charge in [0.1, 0.15) is 0 Å². The quantitative estimate of drug-likeness (QED) is 0.514. The Hall–Kier alpha value is -2.63. The van der Waals surface area contributed by atoms with E-state index in [0.29, 0.717) is 11.1 Å². The molecule has 0 aromatic heterocycles. The van der Waals surface area contributed by atoms with Crippen molar-refractivity contribution in [2.45, 2.75) is 20.8 Å². The summed E-state index contributed by atoms with van der Waals surface area (Å²) in [5.74, 6) is -2.01. The Labute approximate surface area is 115 Å². The lowest BCUT2D eigenvalue weighted by molar-refractivity contribution is -0.134. The van der Waals surface area contributed by atoms with E-state index in [9.17, 15) is 14.4 Å². The minimum Gasteiger partial charge on any atom is -0.478 e. The first-order chi connectivity index (χ1) is 9.29. The minimum atomic E-state index is -1.10. The predicted molar refractivity (Wildman–Crippen MR) is 70.5 cm³/mol. The number of rotatable bonds is 4. The number of hydrogen-bond acceptors (Lipinski definition) is 5. The number of benzene rings is 1. The number of aliphatic carboxylic acids is 1. The third-order valence-electron chi connectivity index (χ3n) is 2.18. The van der Waals surface area contributed by atoms with Crippen LogP contribution in [0.2, 0.25) is 0 Å². The molecule has 0 spiro atoms. The fraction of sp³-hybridized carbons (Fsp3) is 0.214. The Morgan fingerprint density at radius 3 is 2.20 bits per heavy atom. The van der Waals surface area contributed by atoms with Crippen LogP contribution in [0.1, 0.15) is 25.0 Å². The zero-order chi connectivity index (χ0) is 15.3. The molecule has 1 N–H and O–H groups in total. The standard InChI is InChI=1S/C14H14O6/c1-8-6-11(4-5-13(17)18)7-12(19-9(2)15)14(8)20-10(3)16/h4-7H,1-3H3,(H,17,18)/b5-4+. The Morgan fingerprint density at radius 1 is 1.10 bits per heavy atom. The van der Waals surface area contributed by atoms with Crippen molar-refractivity contribution < 1.29 is 29.0 Å². The topological polar surface area (TPSA) is 89.9 Å². The van der Waals surface area contributed by atoms with Gasteiger partial charge >= 0.3 is 17.9 Å². The van der Waals surface area contributed by atoms with Crippen LogP contribution >= 0.6 is 0 Å². The van der Waals surface area contributed by atoms with E-state index in [2.05, 4.69) is 0 Å². The molecule has 0 bridgehead atoms. The molecule has 0 aliphatic heterocycles. The molecule has 20 heavy (non-hydrogen) atoms. The van der Waals surface area contributed by atoms with E-state index < -0.39 is 17.9 Å². The van der Waals surface area contributed by atoms with Crippen LogP contribution in [0.25, 0.3) is 6.08 Å². The van der Waals surface area contributed by atoms with Crippen molar-refractivity contribution in [3.8, 4) is 11.5 Å². The van der Waals surface area contributed by atoms with Gasteiger partial charge in [-0.2, -0.15) is 0 Å². The Kier molecular flexibility index (Phi) is 5.02. The van der Waals surface area contributed by atoms with Gasteiger partial charge in [-0.25, -0.2) is 4.79 Å². The molecule has 0 amide bonds. The third kappa shape index (κ3) is 4.56. The molecule has 0 atom stereocenters. The second-order valence-corrected chi connectivity index (χ2v) is 4.02. The normalized spacial score (nSPS) is 10.3. The van der Waals surface area contributed by atoms with Gasteiger partial charge in [-0.05, 0) is 36.3 Å². The highest BCUT2D eigenvalue weighted by Gasteiger charge is 2.14. The molecule has 0 fully saturated rings. The first kappa shape index (κ1) is 15.4. The van der Waals surface area contributed by atoms with E-state index in [1.54, 1.807) is 13.0 Å². The van der Waals surface area contributed by atoms with Gasteiger partial charge in [-0.15, -0.1) is 0 Å². The van der Waals surface area contributed by atoms with Gasteiger partial charge in [0.05, 0.1) is 0 Å². The number of carbonyl (C=O) groups is 3. The number of aryl methyl sites for hydroxylation is 1. The zero-order valence-electron chi connectivity index (χ0n) is 11.3. The Balaban J connectivity index is 3.27. The van der Waals surface area contributed by atoms with Crippen LogP contribution in [0, 0.1) is 6.92 Å². The van der Waals surface area contributed by atoms with E-state index in [1.807, 2.05) is 0 Å². The SMILES string of the molecule is CC(=O)Oc1cc(/C=C/C(=O)O)cc(C)c1OC(C)=O. The van der Waals surface area contributed by atoms with Crippen molar-refractivity contribution in [1.29, 1.82) is 0 Å². The van der Waals surface area contributed by atoms with Crippen LogP contribution in [0.3, 0.4) is 0 Å². The maximum atomic E-state index is 11.1. The molecule has 0 radical (unpaired) electrons. The van der Waals surface area contributed by atoms with Crippen molar-refractivity contribution in [3.63, 3.8) is 0 Å². The molecular weight excluding hydrogens is 264 g/mol. The van der Waals surface area contributed by atoms with Crippen molar-refractivity contribution in [2.24, 2.45) is 0 Å². The maximum Gasteiger partial charge on any atom is 0.328 e. The first-order valence-electron chi connectivity index (χ1n) is 5.72. The number of carboxylic acid groups (broad SMARTS) is 1. The summed E-state index contributed by atoms with van der Waals surface area (Å²) >= 11 is 0. The van der Waals surface area contributed by atoms with Gasteiger partial charge in [0.2, 0.25) is 0 Å². The molecule has 1 aromatic carbocycles. The summed E-state index contributed by atoms with van der Waals surface area (Å²) in [6, 6.07) is 3.04. The Morgan fingerprint density at radius 2 is 1.70 bits per heavy atom. The van der Waals surface area contributed by atoms with Gasteiger partial charge in [0.25, 0.3) is 0 Å². The zero-order valence-corrected chi connectivity index (χ0v) is 11.3. The molecule has 1 rings (SSSR count). The average Bonchev–Trinajstić information content (AvgIpc) is 2.29. The summed E-state index contributed by atoms with van der Waals surface area (Å²) in [4.78, 5) is 32.6. The highest BCUT2D eigenvalue weighted by atomic mass is 16.6. The molecule has 0 saturated carbocycles. The van der Waals surface area contributed by atoms with E-state index in [1.165, 1.54) is 26.0 Å². The van der Waals surface area contributed by atoms with Gasteiger partial charge in [-0.3, -0.25) is 9.59 Å². The van der Waals surface area contributed by atoms with Gasteiger partial charge in [0, 0.05) is 19.9 Å². The monoisotopic (exact) mass is 278 g/mol. The molecule has 0 unspecified atom stereocenters. The molecule has 106 valence electrons.